The van der Waals surface area contributed by atoms with E-state index in [1.165, 1.54) is 5.56 Å². The van der Waals surface area contributed by atoms with E-state index in [0.717, 1.165) is 15.7 Å². The molecule has 130 valence electrons. The minimum atomic E-state index is -0.464. The van der Waals surface area contributed by atoms with Crippen LogP contribution >= 0.6 is 15.9 Å². The van der Waals surface area contributed by atoms with E-state index in [2.05, 4.69) is 60.7 Å². The number of halogens is 1. The summed E-state index contributed by atoms with van der Waals surface area (Å²) in [7, 11) is 0. The van der Waals surface area contributed by atoms with Gasteiger partial charge in [-0.2, -0.15) is 5.10 Å². The third-order valence-corrected chi connectivity index (χ3v) is 4.65. The van der Waals surface area contributed by atoms with Crippen molar-refractivity contribution in [2.45, 2.75) is 33.4 Å². The fourth-order valence-corrected chi connectivity index (χ4v) is 2.59. The standard InChI is InChI=1S/C17H19BrN6O/c1-11-4-6-14(7-5-11)8-23-10-19-17(22-23)20-16(25)13(3)24-9-15(18)12(2)21-24/h4-7,9-10,13H,8H2,1-3H3,(H,20,22,25). The molecule has 0 aliphatic carbocycles. The fraction of sp³-hybridized carbons (Fsp3) is 0.294. The molecule has 0 bridgehead atoms. The van der Waals surface area contributed by atoms with Crippen molar-refractivity contribution in [3.63, 3.8) is 0 Å². The smallest absolute Gasteiger partial charge is 0.251 e. The number of rotatable bonds is 5. The molecule has 25 heavy (non-hydrogen) atoms. The van der Waals surface area contributed by atoms with Crippen molar-refractivity contribution < 1.29 is 4.79 Å². The molecule has 3 rings (SSSR count). The molecule has 0 aliphatic rings. The summed E-state index contributed by atoms with van der Waals surface area (Å²) in [6.07, 6.45) is 3.39. The second-order valence-electron chi connectivity index (χ2n) is 5.96. The number of aryl methyl sites for hydroxylation is 2. The molecule has 1 atom stereocenters. The van der Waals surface area contributed by atoms with Crippen LogP contribution in [-0.4, -0.2) is 30.5 Å². The molecular formula is C17H19BrN6O. The fourth-order valence-electron chi connectivity index (χ4n) is 2.30. The molecule has 0 saturated carbocycles. The first-order valence-electron chi connectivity index (χ1n) is 7.89. The highest BCUT2D eigenvalue weighted by molar-refractivity contribution is 9.10. The van der Waals surface area contributed by atoms with Crippen molar-refractivity contribution in [1.82, 2.24) is 24.5 Å². The summed E-state index contributed by atoms with van der Waals surface area (Å²) in [4.78, 5) is 16.5. The number of aromatic nitrogens is 5. The number of anilines is 1. The maximum Gasteiger partial charge on any atom is 0.251 e. The van der Waals surface area contributed by atoms with Crippen molar-refractivity contribution in [3.05, 3.63) is 58.1 Å². The molecule has 1 unspecified atom stereocenters. The second-order valence-corrected chi connectivity index (χ2v) is 6.81. The first-order chi connectivity index (χ1) is 11.9. The summed E-state index contributed by atoms with van der Waals surface area (Å²) in [5.74, 6) is 0.0648. The highest BCUT2D eigenvalue weighted by Crippen LogP contribution is 2.17. The summed E-state index contributed by atoms with van der Waals surface area (Å²) in [5.41, 5.74) is 3.17. The number of hydrogen-bond acceptors (Lipinski definition) is 4. The van der Waals surface area contributed by atoms with Crippen LogP contribution in [0.4, 0.5) is 5.95 Å². The molecular weight excluding hydrogens is 384 g/mol. The van der Waals surface area contributed by atoms with Gasteiger partial charge in [-0.3, -0.25) is 14.8 Å². The van der Waals surface area contributed by atoms with E-state index in [1.807, 2.05) is 13.8 Å². The molecule has 8 heteroatoms. The van der Waals surface area contributed by atoms with Gasteiger partial charge >= 0.3 is 0 Å². The molecule has 0 radical (unpaired) electrons. The number of carbonyl (C=O) groups excluding carboxylic acids is 1. The van der Waals surface area contributed by atoms with Gasteiger partial charge < -0.3 is 0 Å². The number of amides is 1. The van der Waals surface area contributed by atoms with Gasteiger partial charge in [-0.25, -0.2) is 9.67 Å². The Morgan fingerprint density at radius 2 is 1.96 bits per heavy atom. The van der Waals surface area contributed by atoms with Crippen LogP contribution in [0.5, 0.6) is 0 Å². The lowest BCUT2D eigenvalue weighted by Gasteiger charge is -2.10. The topological polar surface area (TPSA) is 77.6 Å². The molecule has 1 amide bonds. The van der Waals surface area contributed by atoms with Crippen LogP contribution in [0.2, 0.25) is 0 Å². The monoisotopic (exact) mass is 402 g/mol. The number of carbonyl (C=O) groups is 1. The third kappa shape index (κ3) is 4.14. The summed E-state index contributed by atoms with van der Waals surface area (Å²) >= 11 is 3.40. The minimum Gasteiger partial charge on any atom is -0.291 e. The summed E-state index contributed by atoms with van der Waals surface area (Å²) in [5, 5.41) is 11.3. The molecule has 1 N–H and O–H groups in total. The first-order valence-corrected chi connectivity index (χ1v) is 8.69. The molecule has 2 heterocycles. The van der Waals surface area contributed by atoms with Crippen LogP contribution in [0.25, 0.3) is 0 Å². The lowest BCUT2D eigenvalue weighted by atomic mass is 10.1. The van der Waals surface area contributed by atoms with Crippen molar-refractivity contribution >= 4 is 27.8 Å². The number of nitrogens with zero attached hydrogens (tertiary/aromatic N) is 5. The zero-order valence-electron chi connectivity index (χ0n) is 14.3. The second kappa shape index (κ2) is 7.18. The van der Waals surface area contributed by atoms with E-state index >= 15 is 0 Å². The van der Waals surface area contributed by atoms with Gasteiger partial charge in [-0.05, 0) is 42.3 Å². The van der Waals surface area contributed by atoms with E-state index in [-0.39, 0.29) is 11.9 Å². The Morgan fingerprint density at radius 3 is 2.60 bits per heavy atom. The molecule has 0 saturated heterocycles. The average molecular weight is 403 g/mol. The molecule has 0 fully saturated rings. The SMILES string of the molecule is Cc1ccc(Cn2cnc(NC(=O)C(C)n3cc(Br)c(C)n3)n2)cc1. The van der Waals surface area contributed by atoms with E-state index in [9.17, 15) is 4.79 Å². The average Bonchev–Trinajstić information content (AvgIpc) is 3.15. The Balaban J connectivity index is 1.64. The van der Waals surface area contributed by atoms with Crippen LogP contribution in [-0.2, 0) is 11.3 Å². The molecule has 1 aromatic carbocycles. The minimum absolute atomic E-state index is 0.219. The lowest BCUT2D eigenvalue weighted by Crippen LogP contribution is -2.24. The van der Waals surface area contributed by atoms with Gasteiger partial charge in [0.05, 0.1) is 16.7 Å². The Kier molecular flexibility index (Phi) is 4.98. The van der Waals surface area contributed by atoms with Crippen molar-refractivity contribution in [2.24, 2.45) is 0 Å². The summed E-state index contributed by atoms with van der Waals surface area (Å²) < 4.78 is 4.17. The van der Waals surface area contributed by atoms with Crippen LogP contribution in [0, 0.1) is 13.8 Å². The zero-order chi connectivity index (χ0) is 18.0. The lowest BCUT2D eigenvalue weighted by molar-refractivity contribution is -0.119. The van der Waals surface area contributed by atoms with Crippen molar-refractivity contribution in [1.29, 1.82) is 0 Å². The van der Waals surface area contributed by atoms with Gasteiger partial charge in [0.25, 0.3) is 5.91 Å². The van der Waals surface area contributed by atoms with E-state index in [4.69, 9.17) is 0 Å². The summed E-state index contributed by atoms with van der Waals surface area (Å²) in [6.45, 7) is 6.30. The Hall–Kier alpha value is -2.48. The molecule has 0 aliphatic heterocycles. The van der Waals surface area contributed by atoms with Gasteiger partial charge in [-0.1, -0.05) is 29.8 Å². The molecule has 0 spiro atoms. The van der Waals surface area contributed by atoms with Crippen LogP contribution in [0.15, 0.2) is 41.3 Å². The number of hydrogen-bond donors (Lipinski definition) is 1. The van der Waals surface area contributed by atoms with Gasteiger partial charge in [0.15, 0.2) is 0 Å². The van der Waals surface area contributed by atoms with E-state index in [0.29, 0.717) is 6.54 Å². The molecule has 7 nitrogen and oxygen atoms in total. The highest BCUT2D eigenvalue weighted by atomic mass is 79.9. The van der Waals surface area contributed by atoms with Gasteiger partial charge in [0, 0.05) is 6.20 Å². The quantitative estimate of drug-likeness (QED) is 0.710. The zero-order valence-corrected chi connectivity index (χ0v) is 15.9. The maximum absolute atomic E-state index is 12.4. The third-order valence-electron chi connectivity index (χ3n) is 3.87. The van der Waals surface area contributed by atoms with Crippen LogP contribution in [0.1, 0.15) is 29.8 Å². The number of nitrogens with one attached hydrogen (secondary N) is 1. The summed E-state index contributed by atoms with van der Waals surface area (Å²) in [6, 6.07) is 7.75. The Labute approximate surface area is 154 Å². The van der Waals surface area contributed by atoms with Gasteiger partial charge in [-0.15, -0.1) is 5.10 Å². The van der Waals surface area contributed by atoms with Gasteiger partial charge in [0.2, 0.25) is 5.95 Å². The van der Waals surface area contributed by atoms with Crippen molar-refractivity contribution in [3.8, 4) is 0 Å². The maximum atomic E-state index is 12.4. The predicted octanol–water partition coefficient (Wildman–Crippen LogP) is 3.10. The van der Waals surface area contributed by atoms with Gasteiger partial charge in [0.1, 0.15) is 12.4 Å². The normalized spacial score (nSPS) is 12.2. The van der Waals surface area contributed by atoms with E-state index in [1.54, 1.807) is 28.8 Å². The highest BCUT2D eigenvalue weighted by Gasteiger charge is 2.18. The first kappa shape index (κ1) is 17.3. The number of benzene rings is 1. The largest absolute Gasteiger partial charge is 0.291 e. The molecule has 2 aromatic heterocycles. The Bertz CT molecular complexity index is 863. The van der Waals surface area contributed by atoms with Crippen LogP contribution in [0.3, 0.4) is 0 Å². The predicted molar refractivity (Wildman–Crippen MR) is 98.3 cm³/mol. The molecule has 3 aromatic rings. The van der Waals surface area contributed by atoms with Crippen LogP contribution < -0.4 is 5.32 Å². The van der Waals surface area contributed by atoms with Crippen molar-refractivity contribution in [2.75, 3.05) is 5.32 Å². The Morgan fingerprint density at radius 1 is 1.24 bits per heavy atom. The van der Waals surface area contributed by atoms with E-state index < -0.39 is 6.04 Å².